The van der Waals surface area contributed by atoms with Crippen LogP contribution < -0.4 is 20.5 Å². The Morgan fingerprint density at radius 2 is 2.10 bits per heavy atom. The van der Waals surface area contributed by atoms with Crippen molar-refractivity contribution in [1.82, 2.24) is 5.32 Å². The topological polar surface area (TPSA) is 73.6 Å². The Bertz CT molecular complexity index is 531. The number of halogens is 1. The van der Waals surface area contributed by atoms with E-state index < -0.39 is 6.04 Å². The van der Waals surface area contributed by atoms with Crippen LogP contribution in [0.1, 0.15) is 30.9 Å². The number of amides is 1. The molecule has 1 fully saturated rings. The molecule has 0 aromatic heterocycles. The Hall–Kier alpha value is -1.27. The summed E-state index contributed by atoms with van der Waals surface area (Å²) in [5, 5.41) is 3.26. The van der Waals surface area contributed by atoms with Crippen molar-refractivity contribution in [3.63, 3.8) is 0 Å². The lowest BCUT2D eigenvalue weighted by molar-refractivity contribution is -0.120. The van der Waals surface area contributed by atoms with Gasteiger partial charge in [-0.3, -0.25) is 10.1 Å². The Morgan fingerprint density at radius 3 is 2.80 bits per heavy atom. The molecule has 1 aliphatic heterocycles. The second-order valence-electron chi connectivity index (χ2n) is 5.16. The maximum atomic E-state index is 11.7. The highest BCUT2D eigenvalue weighted by Gasteiger charge is 2.29. The molecule has 1 saturated carbocycles. The van der Waals surface area contributed by atoms with E-state index in [9.17, 15) is 4.79 Å². The second kappa shape index (κ2) is 5.61. The third kappa shape index (κ3) is 2.91. The van der Waals surface area contributed by atoms with Crippen LogP contribution in [0.3, 0.4) is 0 Å². The molecule has 1 heterocycles. The lowest BCUT2D eigenvalue weighted by Gasteiger charge is -2.18. The highest BCUT2D eigenvalue weighted by molar-refractivity contribution is 9.10. The van der Waals surface area contributed by atoms with Gasteiger partial charge in [-0.25, -0.2) is 0 Å². The molecule has 2 aliphatic rings. The Labute approximate surface area is 125 Å². The number of rotatable bonds is 4. The number of primary amides is 1. The van der Waals surface area contributed by atoms with Crippen molar-refractivity contribution in [2.45, 2.75) is 31.3 Å². The molecule has 1 aromatic carbocycles. The van der Waals surface area contributed by atoms with Gasteiger partial charge in [-0.15, -0.1) is 0 Å². The molecule has 1 amide bonds. The van der Waals surface area contributed by atoms with Gasteiger partial charge in [0.15, 0.2) is 11.5 Å². The van der Waals surface area contributed by atoms with Crippen molar-refractivity contribution in [3.8, 4) is 11.5 Å². The number of hydrogen-bond acceptors (Lipinski definition) is 4. The summed E-state index contributed by atoms with van der Waals surface area (Å²) < 4.78 is 12.1. The first-order valence-corrected chi connectivity index (χ1v) is 7.59. The number of carbonyl (C=O) groups excluding carboxylic acids is 1. The van der Waals surface area contributed by atoms with Crippen LogP contribution in [0.25, 0.3) is 0 Å². The van der Waals surface area contributed by atoms with Crippen molar-refractivity contribution >= 4 is 21.8 Å². The first-order chi connectivity index (χ1) is 9.65. The summed E-state index contributed by atoms with van der Waals surface area (Å²) in [6.07, 6.45) is 3.03. The Balaban J connectivity index is 1.93. The van der Waals surface area contributed by atoms with E-state index in [0.717, 1.165) is 29.3 Å². The van der Waals surface area contributed by atoms with Crippen LogP contribution in [-0.2, 0) is 4.79 Å². The van der Waals surface area contributed by atoms with Crippen molar-refractivity contribution in [1.29, 1.82) is 0 Å². The van der Waals surface area contributed by atoms with Gasteiger partial charge < -0.3 is 15.2 Å². The third-order valence-electron chi connectivity index (χ3n) is 3.42. The van der Waals surface area contributed by atoms with Gasteiger partial charge in [0, 0.05) is 12.5 Å². The monoisotopic (exact) mass is 340 g/mol. The first-order valence-electron chi connectivity index (χ1n) is 6.79. The minimum Gasteiger partial charge on any atom is -0.490 e. The fourth-order valence-electron chi connectivity index (χ4n) is 2.25. The van der Waals surface area contributed by atoms with E-state index in [-0.39, 0.29) is 5.91 Å². The molecule has 0 spiro atoms. The lowest BCUT2D eigenvalue weighted by atomic mass is 10.1. The predicted molar refractivity (Wildman–Crippen MR) is 77.8 cm³/mol. The molecule has 1 aliphatic carbocycles. The zero-order chi connectivity index (χ0) is 14.1. The van der Waals surface area contributed by atoms with E-state index in [4.69, 9.17) is 15.2 Å². The quantitative estimate of drug-likeness (QED) is 0.877. The van der Waals surface area contributed by atoms with Crippen LogP contribution >= 0.6 is 15.9 Å². The summed E-state index contributed by atoms with van der Waals surface area (Å²) in [6, 6.07) is 3.62. The van der Waals surface area contributed by atoms with Gasteiger partial charge in [0.2, 0.25) is 5.91 Å². The van der Waals surface area contributed by atoms with Gasteiger partial charge in [-0.05, 0) is 46.5 Å². The smallest absolute Gasteiger partial charge is 0.239 e. The summed E-state index contributed by atoms with van der Waals surface area (Å²) in [6.45, 7) is 1.24. The van der Waals surface area contributed by atoms with E-state index in [1.165, 1.54) is 0 Å². The Morgan fingerprint density at radius 1 is 1.35 bits per heavy atom. The molecule has 0 saturated heterocycles. The fraction of sp³-hybridized carbons (Fsp3) is 0.500. The van der Waals surface area contributed by atoms with Crippen molar-refractivity contribution < 1.29 is 14.3 Å². The number of hydrogen-bond donors (Lipinski definition) is 2. The average molecular weight is 341 g/mol. The van der Waals surface area contributed by atoms with Crippen LogP contribution in [-0.4, -0.2) is 25.2 Å². The van der Waals surface area contributed by atoms with Crippen LogP contribution in [0, 0.1) is 0 Å². The van der Waals surface area contributed by atoms with Gasteiger partial charge in [0.25, 0.3) is 0 Å². The molecule has 20 heavy (non-hydrogen) atoms. The molecule has 0 radical (unpaired) electrons. The van der Waals surface area contributed by atoms with Gasteiger partial charge in [-0.1, -0.05) is 0 Å². The van der Waals surface area contributed by atoms with E-state index >= 15 is 0 Å². The number of benzene rings is 1. The highest BCUT2D eigenvalue weighted by Crippen LogP contribution is 2.40. The van der Waals surface area contributed by atoms with Crippen LogP contribution in [0.2, 0.25) is 0 Å². The fourth-order valence-corrected chi connectivity index (χ4v) is 2.82. The van der Waals surface area contributed by atoms with Crippen molar-refractivity contribution in [2.24, 2.45) is 5.73 Å². The molecule has 3 N–H and O–H groups in total. The number of carbonyl (C=O) groups is 1. The second-order valence-corrected chi connectivity index (χ2v) is 6.01. The number of ether oxygens (including phenoxy) is 2. The maximum Gasteiger partial charge on any atom is 0.239 e. The number of nitrogens with two attached hydrogens (primary N) is 1. The largest absolute Gasteiger partial charge is 0.490 e. The molecule has 6 heteroatoms. The standard InChI is InChI=1S/C14H17BrN2O3/c15-10-6-8(12(14(16)18)17-9-2-3-9)7-11-13(10)20-5-1-4-19-11/h6-7,9,12,17H,1-5H2,(H2,16,18). The molecule has 108 valence electrons. The average Bonchev–Trinajstić information content (AvgIpc) is 3.22. The van der Waals surface area contributed by atoms with E-state index in [1.807, 2.05) is 12.1 Å². The Kier molecular flexibility index (Phi) is 3.85. The van der Waals surface area contributed by atoms with Crippen LogP contribution in [0.4, 0.5) is 0 Å². The van der Waals surface area contributed by atoms with Gasteiger partial charge in [0.05, 0.1) is 17.7 Å². The van der Waals surface area contributed by atoms with E-state index in [2.05, 4.69) is 21.2 Å². The van der Waals surface area contributed by atoms with E-state index in [1.54, 1.807) is 0 Å². The zero-order valence-corrected chi connectivity index (χ0v) is 12.6. The summed E-state index contributed by atoms with van der Waals surface area (Å²) in [5.41, 5.74) is 6.32. The number of nitrogens with one attached hydrogen (secondary N) is 1. The summed E-state index contributed by atoms with van der Waals surface area (Å²) in [7, 11) is 0. The minimum absolute atomic E-state index is 0.377. The minimum atomic E-state index is -0.490. The summed E-state index contributed by atoms with van der Waals surface area (Å²) in [5.74, 6) is 0.981. The van der Waals surface area contributed by atoms with Gasteiger partial charge in [-0.2, -0.15) is 0 Å². The SMILES string of the molecule is NC(=O)C(NC1CC1)c1cc(Br)c2c(c1)OCCCO2. The van der Waals surface area contributed by atoms with Crippen LogP contribution in [0.15, 0.2) is 16.6 Å². The molecule has 1 unspecified atom stereocenters. The summed E-state index contributed by atoms with van der Waals surface area (Å²) in [4.78, 5) is 11.7. The van der Waals surface area contributed by atoms with Gasteiger partial charge >= 0.3 is 0 Å². The highest BCUT2D eigenvalue weighted by atomic mass is 79.9. The van der Waals surface area contributed by atoms with E-state index in [0.29, 0.717) is 30.8 Å². The molecule has 1 atom stereocenters. The van der Waals surface area contributed by atoms with Crippen LogP contribution in [0.5, 0.6) is 11.5 Å². The molecular weight excluding hydrogens is 324 g/mol. The normalized spacial score (nSPS) is 19.2. The molecule has 0 bridgehead atoms. The number of fused-ring (bicyclic) bond motifs is 1. The zero-order valence-electron chi connectivity index (χ0n) is 11.0. The van der Waals surface area contributed by atoms with Gasteiger partial charge in [0.1, 0.15) is 6.04 Å². The predicted octanol–water partition coefficient (Wildman–Crippen LogP) is 1.89. The van der Waals surface area contributed by atoms with Crippen molar-refractivity contribution in [2.75, 3.05) is 13.2 Å². The maximum absolute atomic E-state index is 11.7. The molecular formula is C14H17BrN2O3. The molecule has 5 nitrogen and oxygen atoms in total. The molecule has 3 rings (SSSR count). The van der Waals surface area contributed by atoms with Crippen molar-refractivity contribution in [3.05, 3.63) is 22.2 Å². The lowest BCUT2D eigenvalue weighted by Crippen LogP contribution is -2.34. The third-order valence-corrected chi connectivity index (χ3v) is 4.01. The molecule has 1 aromatic rings. The summed E-state index contributed by atoms with van der Waals surface area (Å²) >= 11 is 3.48. The first kappa shape index (κ1) is 13.7.